The van der Waals surface area contributed by atoms with Crippen LogP contribution in [0.2, 0.25) is 5.02 Å². The van der Waals surface area contributed by atoms with Crippen LogP contribution >= 0.6 is 11.6 Å². The molecule has 0 bridgehead atoms. The Morgan fingerprint density at radius 3 is 2.55 bits per heavy atom. The molecule has 0 atom stereocenters. The van der Waals surface area contributed by atoms with Crippen LogP contribution in [0.4, 0.5) is 5.69 Å². The number of hydrogen-bond acceptors (Lipinski definition) is 6. The summed E-state index contributed by atoms with van der Waals surface area (Å²) in [7, 11) is 2.99. The van der Waals surface area contributed by atoms with Crippen molar-refractivity contribution in [3.05, 3.63) is 82.6 Å². The van der Waals surface area contributed by atoms with Crippen molar-refractivity contribution in [1.82, 2.24) is 10.4 Å². The molecule has 2 amide bonds. The lowest BCUT2D eigenvalue weighted by molar-refractivity contribution is 0.0956. The Hall–Kier alpha value is -3.91. The average Bonchev–Trinajstić information content (AvgIpc) is 2.80. The zero-order valence-electron chi connectivity index (χ0n) is 16.8. The van der Waals surface area contributed by atoms with Gasteiger partial charge in [-0.05, 0) is 42.5 Å². The topological polar surface area (TPSA) is 102 Å². The lowest BCUT2D eigenvalue weighted by Crippen LogP contribution is -2.21. The van der Waals surface area contributed by atoms with Gasteiger partial charge in [0.2, 0.25) is 0 Å². The van der Waals surface area contributed by atoms with Crippen LogP contribution in [0.5, 0.6) is 11.5 Å². The average molecular weight is 439 g/mol. The van der Waals surface area contributed by atoms with Gasteiger partial charge in [-0.25, -0.2) is 5.43 Å². The summed E-state index contributed by atoms with van der Waals surface area (Å²) < 4.78 is 10.4. The molecule has 2 aromatic carbocycles. The first-order chi connectivity index (χ1) is 15.0. The molecule has 8 nitrogen and oxygen atoms in total. The Bertz CT molecular complexity index is 1120. The predicted molar refractivity (Wildman–Crippen MR) is 118 cm³/mol. The second kappa shape index (κ2) is 10.2. The zero-order chi connectivity index (χ0) is 22.2. The number of methoxy groups -OCH3 is 2. The number of halogens is 1. The van der Waals surface area contributed by atoms with Gasteiger partial charge >= 0.3 is 0 Å². The Morgan fingerprint density at radius 1 is 1.03 bits per heavy atom. The van der Waals surface area contributed by atoms with Crippen LogP contribution in [0.15, 0.2) is 66.0 Å². The Balaban J connectivity index is 1.78. The second-order valence-corrected chi connectivity index (χ2v) is 6.64. The second-order valence-electron chi connectivity index (χ2n) is 6.20. The number of ether oxygens (including phenoxy) is 2. The van der Waals surface area contributed by atoms with Crippen LogP contribution in [0.25, 0.3) is 0 Å². The summed E-state index contributed by atoms with van der Waals surface area (Å²) in [5, 5.41) is 6.97. The van der Waals surface area contributed by atoms with E-state index in [1.165, 1.54) is 26.5 Å². The number of pyridine rings is 1. The molecule has 0 radical (unpaired) electrons. The van der Waals surface area contributed by atoms with Gasteiger partial charge in [-0.2, -0.15) is 5.10 Å². The Kier molecular flexibility index (Phi) is 7.18. The van der Waals surface area contributed by atoms with E-state index in [1.54, 1.807) is 54.9 Å². The predicted octanol–water partition coefficient (Wildman–Crippen LogP) is 3.77. The lowest BCUT2D eigenvalue weighted by atomic mass is 10.1. The van der Waals surface area contributed by atoms with Crippen molar-refractivity contribution in [2.75, 3.05) is 19.5 Å². The number of nitrogens with one attached hydrogen (secondary N) is 2. The monoisotopic (exact) mass is 438 g/mol. The molecule has 3 aromatic rings. The number of rotatable bonds is 7. The number of aromatic nitrogens is 1. The van der Waals surface area contributed by atoms with Crippen molar-refractivity contribution in [3.63, 3.8) is 0 Å². The van der Waals surface area contributed by atoms with Crippen LogP contribution in [0.3, 0.4) is 0 Å². The fourth-order valence-corrected chi connectivity index (χ4v) is 2.84. The van der Waals surface area contributed by atoms with Crippen LogP contribution in [-0.2, 0) is 0 Å². The molecular weight excluding hydrogens is 420 g/mol. The van der Waals surface area contributed by atoms with Crippen molar-refractivity contribution in [2.24, 2.45) is 5.10 Å². The minimum atomic E-state index is -0.537. The van der Waals surface area contributed by atoms with Gasteiger partial charge in [-0.15, -0.1) is 0 Å². The van der Waals surface area contributed by atoms with Crippen molar-refractivity contribution in [3.8, 4) is 11.5 Å². The summed E-state index contributed by atoms with van der Waals surface area (Å²) in [6.45, 7) is 0. The Labute approximate surface area is 183 Å². The number of hydrazone groups is 1. The number of nitrogens with zero attached hydrogens (tertiary/aromatic N) is 2. The molecule has 1 aromatic heterocycles. The zero-order valence-corrected chi connectivity index (χ0v) is 17.5. The number of carbonyl (C=O) groups is 2. The Morgan fingerprint density at radius 2 is 1.84 bits per heavy atom. The SMILES string of the molecule is COc1ccc(C(=O)Nc2ccc(Cl)cc2C(=O)N/N=C/c2cccnc2)cc1OC. The van der Waals surface area contributed by atoms with Gasteiger partial charge in [-0.1, -0.05) is 17.7 Å². The first kappa shape index (κ1) is 21.8. The number of anilines is 1. The fourth-order valence-electron chi connectivity index (χ4n) is 2.66. The van der Waals surface area contributed by atoms with Gasteiger partial charge in [0.25, 0.3) is 11.8 Å². The van der Waals surface area contributed by atoms with Crippen LogP contribution < -0.4 is 20.2 Å². The normalized spacial score (nSPS) is 10.5. The molecule has 0 aliphatic heterocycles. The summed E-state index contributed by atoms with van der Waals surface area (Å²) >= 11 is 6.05. The molecule has 0 spiro atoms. The van der Waals surface area contributed by atoms with E-state index < -0.39 is 11.8 Å². The number of benzene rings is 2. The minimum absolute atomic E-state index is 0.157. The third-order valence-electron chi connectivity index (χ3n) is 4.18. The molecule has 0 saturated heterocycles. The van der Waals surface area contributed by atoms with Crippen LogP contribution in [-0.4, -0.2) is 37.2 Å². The molecule has 2 N–H and O–H groups in total. The summed E-state index contributed by atoms with van der Waals surface area (Å²) in [6, 6.07) is 12.9. The standard InChI is InChI=1S/C22H19ClN4O4/c1-30-19-8-5-15(10-20(19)31-2)21(28)26-18-7-6-16(23)11-17(18)22(29)27-25-13-14-4-3-9-24-12-14/h3-13H,1-2H3,(H,26,28)(H,27,29)/b25-13+. The smallest absolute Gasteiger partial charge is 0.273 e. The quantitative estimate of drug-likeness (QED) is 0.432. The first-order valence-corrected chi connectivity index (χ1v) is 9.46. The van der Waals surface area contributed by atoms with E-state index in [-0.39, 0.29) is 11.3 Å². The minimum Gasteiger partial charge on any atom is -0.493 e. The van der Waals surface area contributed by atoms with Crippen molar-refractivity contribution >= 4 is 35.3 Å². The van der Waals surface area contributed by atoms with Gasteiger partial charge in [-0.3, -0.25) is 14.6 Å². The maximum atomic E-state index is 12.7. The van der Waals surface area contributed by atoms with E-state index >= 15 is 0 Å². The molecule has 3 rings (SSSR count). The number of amides is 2. The van der Waals surface area contributed by atoms with E-state index in [1.807, 2.05) is 0 Å². The van der Waals surface area contributed by atoms with E-state index in [2.05, 4.69) is 20.8 Å². The van der Waals surface area contributed by atoms with E-state index in [0.29, 0.717) is 22.1 Å². The van der Waals surface area contributed by atoms with Gasteiger partial charge in [0.05, 0.1) is 31.7 Å². The molecule has 0 aliphatic rings. The maximum Gasteiger partial charge on any atom is 0.273 e. The molecule has 0 unspecified atom stereocenters. The van der Waals surface area contributed by atoms with Crippen LogP contribution in [0, 0.1) is 0 Å². The van der Waals surface area contributed by atoms with E-state index in [0.717, 1.165) is 5.56 Å². The molecule has 0 saturated carbocycles. The summed E-state index contributed by atoms with van der Waals surface area (Å²) in [4.78, 5) is 29.3. The highest BCUT2D eigenvalue weighted by atomic mass is 35.5. The lowest BCUT2D eigenvalue weighted by Gasteiger charge is -2.12. The first-order valence-electron chi connectivity index (χ1n) is 9.08. The molecule has 0 aliphatic carbocycles. The summed E-state index contributed by atoms with van der Waals surface area (Å²) in [6.07, 6.45) is 4.69. The van der Waals surface area contributed by atoms with Crippen molar-refractivity contribution in [1.29, 1.82) is 0 Å². The summed E-state index contributed by atoms with van der Waals surface area (Å²) in [5.74, 6) is -0.0625. The fraction of sp³-hybridized carbons (Fsp3) is 0.0909. The molecule has 1 heterocycles. The van der Waals surface area contributed by atoms with Crippen molar-refractivity contribution < 1.29 is 19.1 Å². The largest absolute Gasteiger partial charge is 0.493 e. The highest BCUT2D eigenvalue weighted by Crippen LogP contribution is 2.28. The van der Waals surface area contributed by atoms with Gasteiger partial charge in [0.15, 0.2) is 11.5 Å². The highest BCUT2D eigenvalue weighted by Gasteiger charge is 2.16. The number of carbonyl (C=O) groups excluding carboxylic acids is 2. The molecule has 9 heteroatoms. The van der Waals surface area contributed by atoms with Crippen LogP contribution in [0.1, 0.15) is 26.3 Å². The van der Waals surface area contributed by atoms with Gasteiger partial charge < -0.3 is 14.8 Å². The van der Waals surface area contributed by atoms with Crippen molar-refractivity contribution in [2.45, 2.75) is 0 Å². The molecule has 158 valence electrons. The highest BCUT2D eigenvalue weighted by molar-refractivity contribution is 6.31. The molecule has 31 heavy (non-hydrogen) atoms. The third kappa shape index (κ3) is 5.58. The maximum absolute atomic E-state index is 12.7. The van der Waals surface area contributed by atoms with Gasteiger partial charge in [0.1, 0.15) is 0 Å². The number of hydrogen-bond donors (Lipinski definition) is 2. The summed E-state index contributed by atoms with van der Waals surface area (Å²) in [5.41, 5.74) is 3.90. The van der Waals surface area contributed by atoms with E-state index in [9.17, 15) is 9.59 Å². The van der Waals surface area contributed by atoms with E-state index in [4.69, 9.17) is 21.1 Å². The third-order valence-corrected chi connectivity index (χ3v) is 4.42. The van der Waals surface area contributed by atoms with Gasteiger partial charge in [0, 0.05) is 28.5 Å². The molecule has 0 fully saturated rings. The molecular formula is C22H19ClN4O4.